The Morgan fingerprint density at radius 3 is 2.68 bits per heavy atom. The summed E-state index contributed by atoms with van der Waals surface area (Å²) < 4.78 is 38.2. The lowest BCUT2D eigenvalue weighted by Crippen LogP contribution is -2.23. The summed E-state index contributed by atoms with van der Waals surface area (Å²) in [5.41, 5.74) is 0.825. The number of benzene rings is 1. The Kier molecular flexibility index (Phi) is 4.85. The number of aromatic nitrogens is 1. The summed E-state index contributed by atoms with van der Waals surface area (Å²) in [5.74, 6) is -0.562. The van der Waals surface area contributed by atoms with E-state index in [4.69, 9.17) is 0 Å². The van der Waals surface area contributed by atoms with Gasteiger partial charge in [-0.2, -0.15) is 13.2 Å². The molecule has 0 saturated carbocycles. The number of alkyl halides is 3. The Morgan fingerprint density at radius 2 is 1.96 bits per heavy atom. The van der Waals surface area contributed by atoms with Crippen LogP contribution in [0.1, 0.15) is 21.5 Å². The highest BCUT2D eigenvalue weighted by molar-refractivity contribution is 7.13. The van der Waals surface area contributed by atoms with Crippen molar-refractivity contribution in [2.24, 2.45) is 0 Å². The van der Waals surface area contributed by atoms with E-state index in [2.05, 4.69) is 10.3 Å². The SMILES string of the molecule is O=C(NCc1cncc(-c2cccs2)c1)c1cccc(C(F)(F)F)c1. The number of amides is 1. The molecule has 25 heavy (non-hydrogen) atoms. The average molecular weight is 362 g/mol. The van der Waals surface area contributed by atoms with E-state index >= 15 is 0 Å². The van der Waals surface area contributed by atoms with Gasteiger partial charge in [0.05, 0.1) is 5.56 Å². The standard InChI is InChI=1S/C18H13F3N2OS/c19-18(20,21)15-4-1-3-13(8-15)17(24)23-10-12-7-14(11-22-9-12)16-5-2-6-25-16/h1-9,11H,10H2,(H,23,24). The molecule has 3 aromatic rings. The number of hydrogen-bond donors (Lipinski definition) is 1. The number of nitrogens with zero attached hydrogens (tertiary/aromatic N) is 1. The van der Waals surface area contributed by atoms with Gasteiger partial charge in [0.15, 0.2) is 0 Å². The van der Waals surface area contributed by atoms with Gasteiger partial charge in [0.2, 0.25) is 0 Å². The number of rotatable bonds is 4. The van der Waals surface area contributed by atoms with Crippen molar-refractivity contribution in [3.8, 4) is 10.4 Å². The molecule has 1 N–H and O–H groups in total. The summed E-state index contributed by atoms with van der Waals surface area (Å²) in [5, 5.41) is 4.58. The van der Waals surface area contributed by atoms with Crippen LogP contribution in [0.3, 0.4) is 0 Å². The zero-order valence-corrected chi connectivity index (χ0v) is 13.7. The van der Waals surface area contributed by atoms with Gasteiger partial charge in [-0.15, -0.1) is 11.3 Å². The molecule has 0 aliphatic heterocycles. The summed E-state index contributed by atoms with van der Waals surface area (Å²) in [6, 6.07) is 10.1. The van der Waals surface area contributed by atoms with Gasteiger partial charge in [-0.1, -0.05) is 12.1 Å². The topological polar surface area (TPSA) is 42.0 Å². The van der Waals surface area contributed by atoms with Crippen molar-refractivity contribution < 1.29 is 18.0 Å². The molecule has 0 bridgehead atoms. The molecule has 128 valence electrons. The van der Waals surface area contributed by atoms with Crippen molar-refractivity contribution >= 4 is 17.2 Å². The second-order valence-corrected chi connectivity index (χ2v) is 6.27. The second kappa shape index (κ2) is 7.06. The third kappa shape index (κ3) is 4.24. The molecule has 3 nitrogen and oxygen atoms in total. The van der Waals surface area contributed by atoms with Crippen LogP contribution in [0.5, 0.6) is 0 Å². The zero-order chi connectivity index (χ0) is 17.9. The molecule has 0 saturated heterocycles. The molecule has 0 spiro atoms. The minimum absolute atomic E-state index is 0.0304. The van der Waals surface area contributed by atoms with Crippen LogP contribution < -0.4 is 5.32 Å². The molecule has 0 fully saturated rings. The van der Waals surface area contributed by atoms with Gasteiger partial charge in [0, 0.05) is 34.9 Å². The van der Waals surface area contributed by atoms with E-state index in [1.165, 1.54) is 12.1 Å². The van der Waals surface area contributed by atoms with Gasteiger partial charge < -0.3 is 5.32 Å². The van der Waals surface area contributed by atoms with Crippen LogP contribution >= 0.6 is 11.3 Å². The number of hydrogen-bond acceptors (Lipinski definition) is 3. The minimum Gasteiger partial charge on any atom is -0.348 e. The fourth-order valence-electron chi connectivity index (χ4n) is 2.28. The number of carbonyl (C=O) groups excluding carboxylic acids is 1. The molecule has 0 atom stereocenters. The summed E-state index contributed by atoms with van der Waals surface area (Å²) in [6.07, 6.45) is -1.14. The Hall–Kier alpha value is -2.67. The second-order valence-electron chi connectivity index (χ2n) is 5.32. The van der Waals surface area contributed by atoms with Crippen molar-refractivity contribution in [2.75, 3.05) is 0 Å². The van der Waals surface area contributed by atoms with Crippen LogP contribution in [-0.2, 0) is 12.7 Å². The lowest BCUT2D eigenvalue weighted by atomic mass is 10.1. The molecular weight excluding hydrogens is 349 g/mol. The quantitative estimate of drug-likeness (QED) is 0.727. The Balaban J connectivity index is 1.70. The zero-order valence-electron chi connectivity index (χ0n) is 12.9. The first-order valence-electron chi connectivity index (χ1n) is 7.37. The Bertz CT molecular complexity index is 876. The van der Waals surface area contributed by atoms with Crippen LogP contribution in [0.15, 0.2) is 60.2 Å². The van der Waals surface area contributed by atoms with Crippen LogP contribution in [-0.4, -0.2) is 10.9 Å². The van der Waals surface area contributed by atoms with E-state index in [0.717, 1.165) is 28.1 Å². The highest BCUT2D eigenvalue weighted by Crippen LogP contribution is 2.29. The third-order valence-corrected chi connectivity index (χ3v) is 4.42. The van der Waals surface area contributed by atoms with Crippen molar-refractivity contribution in [1.82, 2.24) is 10.3 Å². The fraction of sp³-hybridized carbons (Fsp3) is 0.111. The smallest absolute Gasteiger partial charge is 0.348 e. The average Bonchev–Trinajstić information content (AvgIpc) is 3.14. The summed E-state index contributed by atoms with van der Waals surface area (Å²) in [7, 11) is 0. The predicted octanol–water partition coefficient (Wildman–Crippen LogP) is 4.76. The van der Waals surface area contributed by atoms with Gasteiger partial charge in [-0.3, -0.25) is 9.78 Å². The first-order valence-corrected chi connectivity index (χ1v) is 8.25. The number of nitrogens with one attached hydrogen (secondary N) is 1. The van der Waals surface area contributed by atoms with E-state index in [9.17, 15) is 18.0 Å². The number of pyridine rings is 1. The molecule has 2 aromatic heterocycles. The fourth-order valence-corrected chi connectivity index (χ4v) is 2.99. The molecule has 3 rings (SSSR count). The molecule has 0 aliphatic rings. The number of halogens is 3. The molecule has 0 unspecified atom stereocenters. The van der Waals surface area contributed by atoms with Crippen LogP contribution in [0.4, 0.5) is 13.2 Å². The van der Waals surface area contributed by atoms with Gasteiger partial charge in [-0.25, -0.2) is 0 Å². The molecule has 2 heterocycles. The van der Waals surface area contributed by atoms with Crippen LogP contribution in [0, 0.1) is 0 Å². The van der Waals surface area contributed by atoms with E-state index in [1.807, 2.05) is 23.6 Å². The molecule has 0 radical (unpaired) electrons. The molecule has 1 amide bonds. The van der Waals surface area contributed by atoms with Gasteiger partial charge in [-0.05, 0) is 41.3 Å². The predicted molar refractivity (Wildman–Crippen MR) is 90.2 cm³/mol. The maximum atomic E-state index is 12.7. The van der Waals surface area contributed by atoms with E-state index in [-0.39, 0.29) is 12.1 Å². The van der Waals surface area contributed by atoms with E-state index in [0.29, 0.717) is 0 Å². The minimum atomic E-state index is -4.48. The van der Waals surface area contributed by atoms with E-state index in [1.54, 1.807) is 23.7 Å². The first kappa shape index (κ1) is 17.2. The Morgan fingerprint density at radius 1 is 1.12 bits per heavy atom. The van der Waals surface area contributed by atoms with E-state index < -0.39 is 17.6 Å². The van der Waals surface area contributed by atoms with Gasteiger partial charge in [0.1, 0.15) is 0 Å². The van der Waals surface area contributed by atoms with Gasteiger partial charge in [0.25, 0.3) is 5.91 Å². The molecular formula is C18H13F3N2OS. The molecule has 0 aliphatic carbocycles. The maximum absolute atomic E-state index is 12.7. The van der Waals surface area contributed by atoms with Crippen molar-refractivity contribution in [3.63, 3.8) is 0 Å². The lowest BCUT2D eigenvalue weighted by Gasteiger charge is -2.09. The number of thiophene rings is 1. The highest BCUT2D eigenvalue weighted by Gasteiger charge is 2.30. The maximum Gasteiger partial charge on any atom is 0.416 e. The van der Waals surface area contributed by atoms with Gasteiger partial charge >= 0.3 is 6.18 Å². The number of carbonyl (C=O) groups is 1. The van der Waals surface area contributed by atoms with Crippen molar-refractivity contribution in [1.29, 1.82) is 0 Å². The summed E-state index contributed by atoms with van der Waals surface area (Å²) in [4.78, 5) is 17.3. The summed E-state index contributed by atoms with van der Waals surface area (Å²) >= 11 is 1.58. The molecule has 1 aromatic carbocycles. The van der Waals surface area contributed by atoms with Crippen LogP contribution in [0.25, 0.3) is 10.4 Å². The van der Waals surface area contributed by atoms with Crippen molar-refractivity contribution in [2.45, 2.75) is 12.7 Å². The summed E-state index contributed by atoms with van der Waals surface area (Å²) in [6.45, 7) is 0.182. The molecule has 7 heteroatoms. The normalized spacial score (nSPS) is 11.3. The Labute approximate surface area is 146 Å². The third-order valence-electron chi connectivity index (χ3n) is 3.51. The largest absolute Gasteiger partial charge is 0.416 e. The highest BCUT2D eigenvalue weighted by atomic mass is 32.1. The van der Waals surface area contributed by atoms with Crippen molar-refractivity contribution in [3.05, 3.63) is 76.9 Å². The first-order chi connectivity index (χ1) is 11.9. The van der Waals surface area contributed by atoms with Crippen LogP contribution in [0.2, 0.25) is 0 Å². The monoisotopic (exact) mass is 362 g/mol. The lowest BCUT2D eigenvalue weighted by molar-refractivity contribution is -0.137.